The van der Waals surface area contributed by atoms with Gasteiger partial charge in [-0.25, -0.2) is 0 Å². The van der Waals surface area contributed by atoms with Crippen LogP contribution in [0.1, 0.15) is 33.6 Å². The van der Waals surface area contributed by atoms with Gasteiger partial charge in [0.15, 0.2) is 0 Å². The quantitative estimate of drug-likeness (QED) is 0.599. The van der Waals surface area contributed by atoms with Crippen LogP contribution in [0.3, 0.4) is 0 Å². The van der Waals surface area contributed by atoms with E-state index in [0.717, 1.165) is 44.6 Å². The highest BCUT2D eigenvalue weighted by atomic mass is 32.1. The van der Waals surface area contributed by atoms with Crippen molar-refractivity contribution < 1.29 is 4.79 Å². The van der Waals surface area contributed by atoms with Crippen molar-refractivity contribution in [3.63, 3.8) is 0 Å². The number of hydrogen-bond donors (Lipinski definition) is 0. The summed E-state index contributed by atoms with van der Waals surface area (Å²) in [4.78, 5) is 19.2. The van der Waals surface area contributed by atoms with Crippen LogP contribution in [-0.2, 0) is 13.0 Å². The van der Waals surface area contributed by atoms with Crippen LogP contribution in [0.5, 0.6) is 0 Å². The first kappa shape index (κ1) is 18.1. The molecule has 0 radical (unpaired) electrons. The first-order chi connectivity index (χ1) is 13.8. The molecule has 1 amide bonds. The largest absolute Gasteiger partial charge is 0.339 e. The summed E-state index contributed by atoms with van der Waals surface area (Å²) in [6.07, 6.45) is 3.35. The smallest absolute Gasteiger partial charge is 0.253 e. The summed E-state index contributed by atoms with van der Waals surface area (Å²) in [7, 11) is 0. The van der Waals surface area contributed by atoms with Crippen molar-refractivity contribution in [2.75, 3.05) is 19.6 Å². The highest BCUT2D eigenvalue weighted by Gasteiger charge is 2.29. The van der Waals surface area contributed by atoms with Crippen molar-refractivity contribution >= 4 is 28.6 Å². The number of carbonyl (C=O) groups excluding carboxylic acids is 1. The third-order valence-electron chi connectivity index (χ3n) is 6.09. The summed E-state index contributed by atoms with van der Waals surface area (Å²) in [6.45, 7) is 3.98. The SMILES string of the molecule is O=C(c1ccc(-c2ccsc2)cc1)N1CCC(N2CCc3sccc3C2)CC1. The van der Waals surface area contributed by atoms with Crippen LogP contribution >= 0.6 is 22.7 Å². The maximum absolute atomic E-state index is 12.9. The Kier molecular flexibility index (Phi) is 5.05. The number of benzene rings is 1. The van der Waals surface area contributed by atoms with Crippen molar-refractivity contribution in [1.82, 2.24) is 9.80 Å². The molecule has 1 aromatic carbocycles. The Balaban J connectivity index is 1.19. The Labute approximate surface area is 174 Å². The van der Waals surface area contributed by atoms with Crippen molar-refractivity contribution in [3.05, 3.63) is 68.5 Å². The van der Waals surface area contributed by atoms with Crippen LogP contribution in [0.15, 0.2) is 52.5 Å². The molecule has 1 saturated heterocycles. The summed E-state index contributed by atoms with van der Waals surface area (Å²) >= 11 is 3.59. The van der Waals surface area contributed by atoms with Gasteiger partial charge in [-0.05, 0) is 76.4 Å². The third-order valence-corrected chi connectivity index (χ3v) is 7.80. The summed E-state index contributed by atoms with van der Waals surface area (Å²) in [5.41, 5.74) is 4.72. The average molecular weight is 409 g/mol. The number of amides is 1. The lowest BCUT2D eigenvalue weighted by molar-refractivity contribution is 0.0600. The van der Waals surface area contributed by atoms with Crippen LogP contribution in [0.2, 0.25) is 0 Å². The van der Waals surface area contributed by atoms with Gasteiger partial charge in [0, 0.05) is 42.7 Å². The van der Waals surface area contributed by atoms with Gasteiger partial charge in [-0.2, -0.15) is 11.3 Å². The highest BCUT2D eigenvalue weighted by Crippen LogP contribution is 2.28. The van der Waals surface area contributed by atoms with Crippen LogP contribution in [0.25, 0.3) is 11.1 Å². The molecular weight excluding hydrogens is 384 g/mol. The monoisotopic (exact) mass is 408 g/mol. The molecule has 0 bridgehead atoms. The molecule has 2 aliphatic heterocycles. The predicted molar refractivity (Wildman–Crippen MR) is 117 cm³/mol. The second-order valence-electron chi connectivity index (χ2n) is 7.70. The lowest BCUT2D eigenvalue weighted by Crippen LogP contribution is -2.47. The Morgan fingerprint density at radius 2 is 1.75 bits per heavy atom. The molecule has 5 rings (SSSR count). The van der Waals surface area contributed by atoms with Gasteiger partial charge in [-0.3, -0.25) is 9.69 Å². The number of fused-ring (bicyclic) bond motifs is 1. The van der Waals surface area contributed by atoms with Crippen molar-refractivity contribution in [3.8, 4) is 11.1 Å². The van der Waals surface area contributed by atoms with E-state index in [4.69, 9.17) is 0 Å². The number of thiophene rings is 2. The average Bonchev–Trinajstić information content (AvgIpc) is 3.45. The molecule has 0 N–H and O–H groups in total. The van der Waals surface area contributed by atoms with E-state index in [2.05, 4.69) is 45.3 Å². The van der Waals surface area contributed by atoms with E-state index < -0.39 is 0 Å². The number of hydrogen-bond acceptors (Lipinski definition) is 4. The standard InChI is InChI=1S/C23H24N2OS2/c26-23(18-3-1-17(2-4-18)20-8-13-27-16-20)24-10-5-21(6-11-24)25-12-7-22-19(15-25)9-14-28-22/h1-4,8-9,13-14,16,21H,5-7,10-12,15H2. The molecule has 0 saturated carbocycles. The van der Waals surface area contributed by atoms with Crippen molar-refractivity contribution in [1.29, 1.82) is 0 Å². The van der Waals surface area contributed by atoms with Crippen LogP contribution in [-0.4, -0.2) is 41.4 Å². The maximum Gasteiger partial charge on any atom is 0.253 e. The molecule has 1 fully saturated rings. The molecule has 3 aromatic rings. The van der Waals surface area contributed by atoms with Crippen LogP contribution in [0, 0.1) is 0 Å². The number of rotatable bonds is 3. The van der Waals surface area contributed by atoms with Crippen LogP contribution < -0.4 is 0 Å². The van der Waals surface area contributed by atoms with E-state index in [-0.39, 0.29) is 5.91 Å². The number of piperidine rings is 1. The van der Waals surface area contributed by atoms with Crippen LogP contribution in [0.4, 0.5) is 0 Å². The lowest BCUT2D eigenvalue weighted by Gasteiger charge is -2.40. The fraction of sp³-hybridized carbons (Fsp3) is 0.348. The molecule has 28 heavy (non-hydrogen) atoms. The molecule has 2 aromatic heterocycles. The van der Waals surface area contributed by atoms with Gasteiger partial charge in [0.1, 0.15) is 0 Å². The van der Waals surface area contributed by atoms with E-state index in [9.17, 15) is 4.79 Å². The van der Waals surface area contributed by atoms with Gasteiger partial charge in [0.05, 0.1) is 0 Å². The fourth-order valence-corrected chi connectivity index (χ4v) is 5.99. The first-order valence-corrected chi connectivity index (χ1v) is 11.8. The van der Waals surface area contributed by atoms with Gasteiger partial charge < -0.3 is 4.90 Å². The van der Waals surface area contributed by atoms with Crippen molar-refractivity contribution in [2.24, 2.45) is 0 Å². The van der Waals surface area contributed by atoms with Gasteiger partial charge in [0.25, 0.3) is 5.91 Å². The topological polar surface area (TPSA) is 23.6 Å². The predicted octanol–water partition coefficient (Wildman–Crippen LogP) is 5.14. The summed E-state index contributed by atoms with van der Waals surface area (Å²) in [5.74, 6) is 0.175. The van der Waals surface area contributed by atoms with Gasteiger partial charge in [-0.1, -0.05) is 12.1 Å². The first-order valence-electron chi connectivity index (χ1n) is 9.99. The zero-order valence-corrected chi connectivity index (χ0v) is 17.5. The summed E-state index contributed by atoms with van der Waals surface area (Å²) in [5, 5.41) is 6.44. The summed E-state index contributed by atoms with van der Waals surface area (Å²) < 4.78 is 0. The van der Waals surface area contributed by atoms with E-state index in [1.165, 1.54) is 23.1 Å². The second-order valence-corrected chi connectivity index (χ2v) is 9.48. The summed E-state index contributed by atoms with van der Waals surface area (Å²) in [6, 6.07) is 13.1. The van der Waals surface area contributed by atoms with Gasteiger partial charge in [0.2, 0.25) is 0 Å². The molecule has 3 nitrogen and oxygen atoms in total. The van der Waals surface area contributed by atoms with E-state index >= 15 is 0 Å². The minimum absolute atomic E-state index is 0.175. The number of likely N-dealkylation sites (tertiary alicyclic amines) is 1. The Morgan fingerprint density at radius 3 is 2.50 bits per heavy atom. The molecular formula is C23H24N2OS2. The molecule has 0 spiro atoms. The number of carbonyl (C=O) groups is 1. The lowest BCUT2D eigenvalue weighted by atomic mass is 9.98. The van der Waals surface area contributed by atoms with E-state index in [0.29, 0.717) is 6.04 Å². The second kappa shape index (κ2) is 7.82. The zero-order chi connectivity index (χ0) is 18.9. The highest BCUT2D eigenvalue weighted by molar-refractivity contribution is 7.10. The van der Waals surface area contributed by atoms with E-state index in [1.807, 2.05) is 28.4 Å². The third kappa shape index (κ3) is 3.54. The molecule has 5 heteroatoms. The van der Waals surface area contributed by atoms with Gasteiger partial charge in [-0.15, -0.1) is 11.3 Å². The van der Waals surface area contributed by atoms with Crippen molar-refractivity contribution in [2.45, 2.75) is 31.8 Å². The van der Waals surface area contributed by atoms with Gasteiger partial charge >= 0.3 is 0 Å². The minimum atomic E-state index is 0.175. The fourth-order valence-electron chi connectivity index (χ4n) is 4.43. The zero-order valence-electron chi connectivity index (χ0n) is 15.8. The Bertz CT molecular complexity index is 937. The molecule has 4 heterocycles. The maximum atomic E-state index is 12.9. The Hall–Kier alpha value is -1.95. The molecule has 144 valence electrons. The Morgan fingerprint density at radius 1 is 0.929 bits per heavy atom. The molecule has 0 aliphatic carbocycles. The molecule has 2 aliphatic rings. The molecule has 0 unspecified atom stereocenters. The number of nitrogens with zero attached hydrogens (tertiary/aromatic N) is 2. The minimum Gasteiger partial charge on any atom is -0.339 e. The molecule has 0 atom stereocenters. The van der Waals surface area contributed by atoms with E-state index in [1.54, 1.807) is 16.2 Å². The normalized spacial score (nSPS) is 18.2.